The normalized spacial score (nSPS) is 18.6. The Hall–Kier alpha value is -3.86. The average molecular weight is 530 g/mol. The van der Waals surface area contributed by atoms with Crippen LogP contribution in [-0.4, -0.2) is 59.8 Å². The van der Waals surface area contributed by atoms with E-state index >= 15 is 0 Å². The van der Waals surface area contributed by atoms with Gasteiger partial charge in [-0.25, -0.2) is 19.0 Å². The van der Waals surface area contributed by atoms with E-state index in [2.05, 4.69) is 21.4 Å². The SMILES string of the molecule is Nc1ncnc2c1c(-c1ccc3c(ccn3Cc3ccccc3F)c1)nn2[C@H]1CC[C@@H](NC[C@H](O)CO)CC1. The predicted molar refractivity (Wildman–Crippen MR) is 149 cm³/mol. The van der Waals surface area contributed by atoms with Gasteiger partial charge >= 0.3 is 0 Å². The fourth-order valence-electron chi connectivity index (χ4n) is 5.64. The van der Waals surface area contributed by atoms with E-state index in [9.17, 15) is 9.50 Å². The molecule has 1 saturated carbocycles. The molecule has 1 atom stereocenters. The van der Waals surface area contributed by atoms with E-state index in [0.717, 1.165) is 58.9 Å². The third-order valence-electron chi connectivity index (χ3n) is 7.76. The van der Waals surface area contributed by atoms with Crippen molar-refractivity contribution in [3.63, 3.8) is 0 Å². The number of aliphatic hydroxyl groups is 2. The summed E-state index contributed by atoms with van der Waals surface area (Å²) in [5, 5.41) is 28.9. The van der Waals surface area contributed by atoms with Crippen LogP contribution in [0.4, 0.5) is 10.2 Å². The summed E-state index contributed by atoms with van der Waals surface area (Å²) in [6, 6.07) is 15.5. The van der Waals surface area contributed by atoms with Crippen molar-refractivity contribution in [1.82, 2.24) is 29.6 Å². The highest BCUT2D eigenvalue weighted by molar-refractivity contribution is 6.00. The topological polar surface area (TPSA) is 127 Å². The van der Waals surface area contributed by atoms with E-state index < -0.39 is 6.10 Å². The molecule has 0 radical (unpaired) electrons. The van der Waals surface area contributed by atoms with Crippen molar-refractivity contribution in [2.24, 2.45) is 0 Å². The van der Waals surface area contributed by atoms with Crippen molar-refractivity contribution in [2.75, 3.05) is 18.9 Å². The number of hydrogen-bond donors (Lipinski definition) is 4. The maximum Gasteiger partial charge on any atom is 0.164 e. The quantitative estimate of drug-likeness (QED) is 0.242. The Morgan fingerprint density at radius 2 is 1.90 bits per heavy atom. The van der Waals surface area contributed by atoms with Crippen molar-refractivity contribution in [2.45, 2.75) is 50.4 Å². The molecular formula is C29H32FN7O2. The summed E-state index contributed by atoms with van der Waals surface area (Å²) >= 11 is 0. The summed E-state index contributed by atoms with van der Waals surface area (Å²) in [4.78, 5) is 8.82. The first kappa shape index (κ1) is 25.4. The maximum absolute atomic E-state index is 14.2. The molecule has 0 saturated heterocycles. The number of nitrogen functional groups attached to an aromatic ring is 1. The largest absolute Gasteiger partial charge is 0.394 e. The number of nitrogens with one attached hydrogen (secondary N) is 1. The van der Waals surface area contributed by atoms with Gasteiger partial charge in [0.05, 0.1) is 30.7 Å². The Morgan fingerprint density at radius 1 is 1.08 bits per heavy atom. The zero-order valence-corrected chi connectivity index (χ0v) is 21.5. The second kappa shape index (κ2) is 10.7. The number of nitrogens with zero attached hydrogens (tertiary/aromatic N) is 5. The third-order valence-corrected chi connectivity index (χ3v) is 7.76. The van der Waals surface area contributed by atoms with Gasteiger partial charge in [0.2, 0.25) is 0 Å². The van der Waals surface area contributed by atoms with Crippen LogP contribution in [-0.2, 0) is 6.54 Å². The number of rotatable bonds is 8. The number of hydrogen-bond acceptors (Lipinski definition) is 7. The highest BCUT2D eigenvalue weighted by Crippen LogP contribution is 2.37. The van der Waals surface area contributed by atoms with Crippen LogP contribution in [0.3, 0.4) is 0 Å². The monoisotopic (exact) mass is 529 g/mol. The van der Waals surface area contributed by atoms with Crippen LogP contribution >= 0.6 is 0 Å². The molecule has 202 valence electrons. The first-order chi connectivity index (χ1) is 19.0. The van der Waals surface area contributed by atoms with E-state index in [-0.39, 0.29) is 18.5 Å². The molecule has 1 aliphatic rings. The van der Waals surface area contributed by atoms with Crippen LogP contribution in [0.5, 0.6) is 0 Å². The number of aliphatic hydroxyl groups excluding tert-OH is 2. The first-order valence-electron chi connectivity index (χ1n) is 13.4. The summed E-state index contributed by atoms with van der Waals surface area (Å²) in [5.41, 5.74) is 10.4. The molecule has 1 aliphatic carbocycles. The fourth-order valence-corrected chi connectivity index (χ4v) is 5.64. The Labute approximate surface area is 225 Å². The number of nitrogens with two attached hydrogens (primary N) is 1. The summed E-state index contributed by atoms with van der Waals surface area (Å²) < 4.78 is 18.3. The molecule has 3 aromatic heterocycles. The van der Waals surface area contributed by atoms with Crippen molar-refractivity contribution in [3.8, 4) is 11.3 Å². The fraction of sp³-hybridized carbons (Fsp3) is 0.345. The lowest BCUT2D eigenvalue weighted by molar-refractivity contribution is 0.0895. The molecule has 10 heteroatoms. The number of benzene rings is 2. The lowest BCUT2D eigenvalue weighted by Crippen LogP contribution is -2.39. The minimum absolute atomic E-state index is 0.168. The van der Waals surface area contributed by atoms with Crippen LogP contribution in [0.25, 0.3) is 33.2 Å². The summed E-state index contributed by atoms with van der Waals surface area (Å²) in [5.74, 6) is 0.183. The van der Waals surface area contributed by atoms with E-state index in [1.807, 2.05) is 39.7 Å². The van der Waals surface area contributed by atoms with Crippen LogP contribution in [0.1, 0.15) is 37.3 Å². The number of fused-ring (bicyclic) bond motifs is 2. The zero-order chi connectivity index (χ0) is 26.9. The van der Waals surface area contributed by atoms with Gasteiger partial charge in [-0.05, 0) is 49.9 Å². The predicted octanol–water partition coefficient (Wildman–Crippen LogP) is 3.64. The Balaban J connectivity index is 1.29. The molecular weight excluding hydrogens is 497 g/mol. The van der Waals surface area contributed by atoms with Crippen molar-refractivity contribution in [3.05, 3.63) is 72.4 Å². The van der Waals surface area contributed by atoms with Crippen molar-refractivity contribution < 1.29 is 14.6 Å². The molecule has 5 aromatic rings. The van der Waals surface area contributed by atoms with Crippen molar-refractivity contribution in [1.29, 1.82) is 0 Å². The molecule has 6 rings (SSSR count). The highest BCUT2D eigenvalue weighted by atomic mass is 19.1. The maximum atomic E-state index is 14.2. The highest BCUT2D eigenvalue weighted by Gasteiger charge is 2.27. The second-order valence-corrected chi connectivity index (χ2v) is 10.3. The second-order valence-electron chi connectivity index (χ2n) is 10.3. The van der Waals surface area contributed by atoms with Gasteiger partial charge in [0, 0.05) is 40.8 Å². The van der Waals surface area contributed by atoms with Crippen LogP contribution < -0.4 is 11.1 Å². The summed E-state index contributed by atoms with van der Waals surface area (Å²) in [6.45, 7) is 0.590. The van der Waals surface area contributed by atoms with Crippen molar-refractivity contribution >= 4 is 27.8 Å². The van der Waals surface area contributed by atoms with E-state index in [0.29, 0.717) is 30.5 Å². The minimum Gasteiger partial charge on any atom is -0.394 e. The smallest absolute Gasteiger partial charge is 0.164 e. The molecule has 5 N–H and O–H groups in total. The van der Waals surface area contributed by atoms with E-state index in [1.165, 1.54) is 12.4 Å². The molecule has 2 aromatic carbocycles. The van der Waals surface area contributed by atoms with Gasteiger partial charge in [0.25, 0.3) is 0 Å². The number of aromatic nitrogens is 5. The molecule has 0 spiro atoms. The lowest BCUT2D eigenvalue weighted by atomic mass is 9.91. The third kappa shape index (κ3) is 4.98. The molecule has 0 bridgehead atoms. The van der Waals surface area contributed by atoms with Crippen LogP contribution in [0, 0.1) is 5.82 Å². The number of anilines is 1. The molecule has 0 aliphatic heterocycles. The summed E-state index contributed by atoms with van der Waals surface area (Å²) in [7, 11) is 0. The van der Waals surface area contributed by atoms with E-state index in [1.54, 1.807) is 12.1 Å². The molecule has 9 nitrogen and oxygen atoms in total. The van der Waals surface area contributed by atoms with Gasteiger partial charge in [-0.2, -0.15) is 5.10 Å². The lowest BCUT2D eigenvalue weighted by Gasteiger charge is -2.30. The molecule has 3 heterocycles. The summed E-state index contributed by atoms with van der Waals surface area (Å²) in [6.07, 6.45) is 6.39. The molecule has 0 amide bonds. The van der Waals surface area contributed by atoms with Gasteiger partial charge < -0.3 is 25.8 Å². The molecule has 39 heavy (non-hydrogen) atoms. The Bertz CT molecular complexity index is 1610. The minimum atomic E-state index is -0.742. The van der Waals surface area contributed by atoms with Crippen LogP contribution in [0.2, 0.25) is 0 Å². The zero-order valence-electron chi connectivity index (χ0n) is 21.5. The van der Waals surface area contributed by atoms with Gasteiger partial charge in [0.15, 0.2) is 5.65 Å². The standard InChI is InChI=1S/C29H32FN7O2/c30-24-4-2-1-3-20(24)15-36-12-11-18-13-19(5-10-25(18)36)27-26-28(31)33-17-34-29(26)37(35-27)22-8-6-21(7-9-22)32-14-23(39)16-38/h1-5,10-13,17,21-23,32,38-39H,6-9,14-16H2,(H2,31,33,34)/t21-,22+,23-/m0/s1. The molecule has 1 fully saturated rings. The Kier molecular flexibility index (Phi) is 6.99. The average Bonchev–Trinajstić information content (AvgIpc) is 3.55. The molecule has 0 unspecified atom stereocenters. The van der Waals surface area contributed by atoms with Gasteiger partial charge in [0.1, 0.15) is 23.7 Å². The van der Waals surface area contributed by atoms with Gasteiger partial charge in [-0.15, -0.1) is 0 Å². The van der Waals surface area contributed by atoms with Crippen LogP contribution in [0.15, 0.2) is 61.1 Å². The first-order valence-corrected chi connectivity index (χ1v) is 13.4. The van der Waals surface area contributed by atoms with E-state index in [4.69, 9.17) is 15.9 Å². The van der Waals surface area contributed by atoms with Gasteiger partial charge in [-0.3, -0.25) is 0 Å². The van der Waals surface area contributed by atoms with Gasteiger partial charge in [-0.1, -0.05) is 24.3 Å². The Morgan fingerprint density at radius 3 is 2.69 bits per heavy atom. The number of halogens is 1.